The second-order valence-electron chi connectivity index (χ2n) is 5.36. The molecule has 118 valence electrons. The predicted octanol–water partition coefficient (Wildman–Crippen LogP) is 1.79. The molecule has 1 saturated heterocycles. The van der Waals surface area contributed by atoms with Gasteiger partial charge in [0.15, 0.2) is 0 Å². The zero-order chi connectivity index (χ0) is 15.7. The molecule has 1 aromatic rings. The highest BCUT2D eigenvalue weighted by atomic mass is 35.5. The number of ether oxygens (including phenoxy) is 1. The van der Waals surface area contributed by atoms with Crippen molar-refractivity contribution in [3.63, 3.8) is 0 Å². The Balaban J connectivity index is 2.38. The van der Waals surface area contributed by atoms with E-state index in [2.05, 4.69) is 4.72 Å². The molecule has 5 nitrogen and oxygen atoms in total. The maximum absolute atomic E-state index is 14.2. The van der Waals surface area contributed by atoms with Gasteiger partial charge in [0.05, 0.1) is 0 Å². The van der Waals surface area contributed by atoms with Gasteiger partial charge in [-0.05, 0) is 31.9 Å². The molecule has 1 heterocycles. The first-order chi connectivity index (χ1) is 9.77. The van der Waals surface area contributed by atoms with E-state index in [1.165, 1.54) is 6.07 Å². The van der Waals surface area contributed by atoms with Crippen LogP contribution in [0.25, 0.3) is 0 Å². The van der Waals surface area contributed by atoms with Crippen molar-refractivity contribution in [2.24, 2.45) is 5.73 Å². The molecule has 21 heavy (non-hydrogen) atoms. The average Bonchev–Trinajstić information content (AvgIpc) is 2.40. The fourth-order valence-corrected chi connectivity index (χ4v) is 4.18. The Labute approximate surface area is 128 Å². The molecule has 0 radical (unpaired) electrons. The standard InChI is InChI=1S/C13H18ClFN2O3S/c1-13(2-4-20-5-3-13)17-21(18,19)11-7-10(14)6-9(8-16)12(11)15/h6-7,17H,2-5,8,16H2,1H3. The van der Waals surface area contributed by atoms with Gasteiger partial charge < -0.3 is 10.5 Å². The van der Waals surface area contributed by atoms with Crippen LogP contribution in [-0.2, 0) is 21.3 Å². The fraction of sp³-hybridized carbons (Fsp3) is 0.538. The quantitative estimate of drug-likeness (QED) is 0.878. The molecule has 2 rings (SSSR count). The number of halogens is 2. The van der Waals surface area contributed by atoms with Crippen LogP contribution in [0, 0.1) is 5.82 Å². The number of benzene rings is 1. The molecule has 0 saturated carbocycles. The highest BCUT2D eigenvalue weighted by molar-refractivity contribution is 7.89. The van der Waals surface area contributed by atoms with E-state index in [4.69, 9.17) is 22.1 Å². The van der Waals surface area contributed by atoms with E-state index in [0.717, 1.165) is 6.07 Å². The second-order valence-corrected chi connectivity index (χ2v) is 7.45. The van der Waals surface area contributed by atoms with Crippen molar-refractivity contribution < 1.29 is 17.5 Å². The van der Waals surface area contributed by atoms with E-state index in [1.807, 2.05) is 0 Å². The Kier molecular flexibility index (Phi) is 4.89. The topological polar surface area (TPSA) is 81.4 Å². The molecule has 1 aliphatic heterocycles. The van der Waals surface area contributed by atoms with Crippen molar-refractivity contribution in [1.29, 1.82) is 0 Å². The van der Waals surface area contributed by atoms with Crippen LogP contribution in [0.1, 0.15) is 25.3 Å². The molecule has 1 aliphatic rings. The fourth-order valence-electron chi connectivity index (χ4n) is 2.27. The second kappa shape index (κ2) is 6.18. The van der Waals surface area contributed by atoms with Gasteiger partial charge >= 0.3 is 0 Å². The van der Waals surface area contributed by atoms with Gasteiger partial charge in [-0.1, -0.05) is 11.6 Å². The molecular weight excluding hydrogens is 319 g/mol. The average molecular weight is 337 g/mol. The summed E-state index contributed by atoms with van der Waals surface area (Å²) in [6.45, 7) is 2.58. The number of rotatable bonds is 4. The first kappa shape index (κ1) is 16.6. The lowest BCUT2D eigenvalue weighted by molar-refractivity contribution is 0.0537. The Morgan fingerprint density at radius 2 is 2.05 bits per heavy atom. The van der Waals surface area contributed by atoms with Gasteiger partial charge in [-0.25, -0.2) is 17.5 Å². The van der Waals surface area contributed by atoms with Crippen LogP contribution in [-0.4, -0.2) is 27.2 Å². The van der Waals surface area contributed by atoms with E-state index >= 15 is 0 Å². The molecule has 0 amide bonds. The van der Waals surface area contributed by atoms with Gasteiger partial charge in [0.25, 0.3) is 0 Å². The summed E-state index contributed by atoms with van der Waals surface area (Å²) < 4.78 is 46.9. The first-order valence-electron chi connectivity index (χ1n) is 6.57. The number of nitrogens with one attached hydrogen (secondary N) is 1. The van der Waals surface area contributed by atoms with Crippen LogP contribution in [0.4, 0.5) is 4.39 Å². The summed E-state index contributed by atoms with van der Waals surface area (Å²) in [6.07, 6.45) is 1.05. The molecule has 8 heteroatoms. The minimum atomic E-state index is -4.02. The summed E-state index contributed by atoms with van der Waals surface area (Å²) in [5.74, 6) is -0.856. The van der Waals surface area contributed by atoms with Crippen molar-refractivity contribution in [3.05, 3.63) is 28.5 Å². The van der Waals surface area contributed by atoms with E-state index in [0.29, 0.717) is 26.1 Å². The molecule has 1 aromatic carbocycles. The van der Waals surface area contributed by atoms with Crippen LogP contribution in [0.3, 0.4) is 0 Å². The zero-order valence-corrected chi connectivity index (χ0v) is 13.2. The third kappa shape index (κ3) is 3.73. The molecule has 0 aromatic heterocycles. The lowest BCUT2D eigenvalue weighted by Gasteiger charge is -2.34. The molecule has 0 bridgehead atoms. The lowest BCUT2D eigenvalue weighted by atomic mass is 9.94. The Morgan fingerprint density at radius 1 is 1.43 bits per heavy atom. The van der Waals surface area contributed by atoms with E-state index in [9.17, 15) is 12.8 Å². The lowest BCUT2D eigenvalue weighted by Crippen LogP contribution is -2.49. The predicted molar refractivity (Wildman–Crippen MR) is 78.1 cm³/mol. The first-order valence-corrected chi connectivity index (χ1v) is 8.43. The highest BCUT2D eigenvalue weighted by Crippen LogP contribution is 2.27. The maximum atomic E-state index is 14.2. The van der Waals surface area contributed by atoms with Gasteiger partial charge in [0, 0.05) is 35.9 Å². The summed E-state index contributed by atoms with van der Waals surface area (Å²) in [5.41, 5.74) is 4.82. The van der Waals surface area contributed by atoms with Gasteiger partial charge in [-0.2, -0.15) is 0 Å². The molecule has 0 atom stereocenters. The number of hydrogen-bond donors (Lipinski definition) is 2. The molecule has 0 spiro atoms. The smallest absolute Gasteiger partial charge is 0.244 e. The van der Waals surface area contributed by atoms with E-state index < -0.39 is 26.3 Å². The monoisotopic (exact) mass is 336 g/mol. The van der Waals surface area contributed by atoms with Crippen molar-refractivity contribution in [2.75, 3.05) is 13.2 Å². The third-order valence-corrected chi connectivity index (χ3v) is 5.42. The minimum absolute atomic E-state index is 0.0694. The van der Waals surface area contributed by atoms with Crippen molar-refractivity contribution >= 4 is 21.6 Å². The van der Waals surface area contributed by atoms with Gasteiger partial charge in [0.2, 0.25) is 10.0 Å². The van der Waals surface area contributed by atoms with Crippen molar-refractivity contribution in [3.8, 4) is 0 Å². The van der Waals surface area contributed by atoms with Crippen molar-refractivity contribution in [1.82, 2.24) is 4.72 Å². The summed E-state index contributed by atoms with van der Waals surface area (Å²) in [4.78, 5) is -0.469. The van der Waals surface area contributed by atoms with E-state index in [1.54, 1.807) is 6.92 Å². The Hall–Kier alpha value is -0.730. The maximum Gasteiger partial charge on any atom is 0.244 e. The minimum Gasteiger partial charge on any atom is -0.381 e. The summed E-state index contributed by atoms with van der Waals surface area (Å²) in [6, 6.07) is 2.42. The normalized spacial score (nSPS) is 18.7. The largest absolute Gasteiger partial charge is 0.381 e. The van der Waals surface area contributed by atoms with Gasteiger partial charge in [-0.15, -0.1) is 0 Å². The number of hydrogen-bond acceptors (Lipinski definition) is 4. The van der Waals surface area contributed by atoms with Crippen LogP contribution >= 0.6 is 11.6 Å². The number of sulfonamides is 1. The number of nitrogens with two attached hydrogens (primary N) is 1. The van der Waals surface area contributed by atoms with Gasteiger partial charge in [-0.3, -0.25) is 0 Å². The molecule has 1 fully saturated rings. The molecule has 3 N–H and O–H groups in total. The van der Waals surface area contributed by atoms with Gasteiger partial charge in [0.1, 0.15) is 10.7 Å². The zero-order valence-electron chi connectivity index (χ0n) is 11.7. The molecular formula is C13H18ClFN2O3S. The van der Waals surface area contributed by atoms with Crippen LogP contribution in [0.5, 0.6) is 0 Å². The Bertz CT molecular complexity index is 631. The SMILES string of the molecule is CC1(NS(=O)(=O)c2cc(Cl)cc(CN)c2F)CCOCC1. The third-order valence-electron chi connectivity index (χ3n) is 3.57. The van der Waals surface area contributed by atoms with Crippen LogP contribution in [0.2, 0.25) is 5.02 Å². The molecule has 0 aliphatic carbocycles. The summed E-state index contributed by atoms with van der Waals surface area (Å²) in [7, 11) is -4.02. The Morgan fingerprint density at radius 3 is 2.62 bits per heavy atom. The van der Waals surface area contributed by atoms with Crippen molar-refractivity contribution in [2.45, 2.75) is 36.7 Å². The van der Waals surface area contributed by atoms with E-state index in [-0.39, 0.29) is 17.1 Å². The van der Waals surface area contributed by atoms with Crippen LogP contribution in [0.15, 0.2) is 17.0 Å². The molecule has 0 unspecified atom stereocenters. The highest BCUT2D eigenvalue weighted by Gasteiger charge is 2.34. The van der Waals surface area contributed by atoms with Crippen LogP contribution < -0.4 is 10.5 Å². The summed E-state index contributed by atoms with van der Waals surface area (Å²) >= 11 is 5.85. The summed E-state index contributed by atoms with van der Waals surface area (Å²) in [5, 5.41) is 0.134.